The van der Waals surface area contributed by atoms with Gasteiger partial charge in [0.15, 0.2) is 0 Å². The molecule has 1 heterocycles. The van der Waals surface area contributed by atoms with Crippen molar-refractivity contribution in [3.63, 3.8) is 0 Å². The molecule has 1 N–H and O–H groups in total. The summed E-state index contributed by atoms with van der Waals surface area (Å²) in [6.45, 7) is 5.23. The highest BCUT2D eigenvalue weighted by molar-refractivity contribution is 7.09. The van der Waals surface area contributed by atoms with Gasteiger partial charge in [0.25, 0.3) is 0 Å². The third-order valence-corrected chi connectivity index (χ3v) is 3.40. The highest BCUT2D eigenvalue weighted by atomic mass is 32.1. The molecule has 90 valence electrons. The Hall–Kier alpha value is -0.830. The van der Waals surface area contributed by atoms with Gasteiger partial charge in [0.2, 0.25) is 5.91 Å². The molecule has 0 radical (unpaired) electrons. The summed E-state index contributed by atoms with van der Waals surface area (Å²) < 4.78 is 0. The summed E-state index contributed by atoms with van der Waals surface area (Å²) in [7, 11) is 0. The van der Waals surface area contributed by atoms with Gasteiger partial charge in [-0.1, -0.05) is 19.9 Å². The first-order valence-corrected chi connectivity index (χ1v) is 6.85. The summed E-state index contributed by atoms with van der Waals surface area (Å²) >= 11 is 1.72. The molecule has 0 saturated heterocycles. The summed E-state index contributed by atoms with van der Waals surface area (Å²) in [5.74, 6) is 0.903. The lowest BCUT2D eigenvalue weighted by Crippen LogP contribution is -2.24. The molecular weight excluding hydrogens is 218 g/mol. The second kappa shape index (κ2) is 7.44. The molecule has 3 heteroatoms. The number of amides is 1. The maximum Gasteiger partial charge on any atom is 0.220 e. The lowest BCUT2D eigenvalue weighted by Gasteiger charge is -2.06. The molecule has 0 bridgehead atoms. The molecule has 0 spiro atoms. The summed E-state index contributed by atoms with van der Waals surface area (Å²) in [4.78, 5) is 12.8. The highest BCUT2D eigenvalue weighted by Crippen LogP contribution is 2.10. The Labute approximate surface area is 102 Å². The number of nitrogens with one attached hydrogen (secondary N) is 1. The van der Waals surface area contributed by atoms with E-state index in [0.717, 1.165) is 25.3 Å². The van der Waals surface area contributed by atoms with Crippen LogP contribution in [0, 0.1) is 5.92 Å². The molecule has 1 aromatic heterocycles. The van der Waals surface area contributed by atoms with E-state index in [-0.39, 0.29) is 5.91 Å². The Morgan fingerprint density at radius 1 is 1.50 bits per heavy atom. The number of carbonyl (C=O) groups excluding carboxylic acids is 1. The molecule has 0 atom stereocenters. The Morgan fingerprint density at radius 3 is 2.94 bits per heavy atom. The topological polar surface area (TPSA) is 29.1 Å². The molecule has 1 aromatic rings. The van der Waals surface area contributed by atoms with Crippen molar-refractivity contribution in [2.45, 2.75) is 39.5 Å². The van der Waals surface area contributed by atoms with Crippen LogP contribution in [-0.2, 0) is 11.2 Å². The minimum atomic E-state index is 0.178. The van der Waals surface area contributed by atoms with E-state index in [1.54, 1.807) is 11.3 Å². The Balaban J connectivity index is 2.03. The molecular formula is C13H21NOS. The van der Waals surface area contributed by atoms with Crippen LogP contribution >= 0.6 is 11.3 Å². The molecule has 0 aliphatic rings. The van der Waals surface area contributed by atoms with E-state index < -0.39 is 0 Å². The molecule has 0 unspecified atom stereocenters. The van der Waals surface area contributed by atoms with Gasteiger partial charge in [-0.25, -0.2) is 0 Å². The lowest BCUT2D eigenvalue weighted by molar-refractivity contribution is -0.121. The average molecular weight is 239 g/mol. The molecule has 0 fully saturated rings. The molecule has 0 aliphatic carbocycles. The lowest BCUT2D eigenvalue weighted by atomic mass is 10.1. The molecule has 1 rings (SSSR count). The molecule has 0 aromatic carbocycles. The second-order valence-electron chi connectivity index (χ2n) is 4.47. The van der Waals surface area contributed by atoms with Gasteiger partial charge < -0.3 is 5.32 Å². The van der Waals surface area contributed by atoms with Crippen molar-refractivity contribution in [2.75, 3.05) is 6.54 Å². The van der Waals surface area contributed by atoms with Gasteiger partial charge in [-0.05, 0) is 36.6 Å². The predicted molar refractivity (Wildman–Crippen MR) is 69.7 cm³/mol. The fraction of sp³-hybridized carbons (Fsp3) is 0.615. The third kappa shape index (κ3) is 5.91. The van der Waals surface area contributed by atoms with Crippen molar-refractivity contribution in [3.05, 3.63) is 22.4 Å². The number of rotatable bonds is 7. The van der Waals surface area contributed by atoms with Gasteiger partial charge in [0.05, 0.1) is 0 Å². The first kappa shape index (κ1) is 13.2. The van der Waals surface area contributed by atoms with Crippen molar-refractivity contribution < 1.29 is 4.79 Å². The average Bonchev–Trinajstić information content (AvgIpc) is 2.74. The van der Waals surface area contributed by atoms with Crippen LogP contribution in [0.3, 0.4) is 0 Å². The molecule has 2 nitrogen and oxygen atoms in total. The van der Waals surface area contributed by atoms with Crippen LogP contribution in [0.15, 0.2) is 17.5 Å². The summed E-state index contributed by atoms with van der Waals surface area (Å²) in [5.41, 5.74) is 0. The number of hydrogen-bond acceptors (Lipinski definition) is 2. The molecule has 1 amide bonds. The van der Waals surface area contributed by atoms with E-state index in [2.05, 4.69) is 30.6 Å². The van der Waals surface area contributed by atoms with E-state index >= 15 is 0 Å². The summed E-state index contributed by atoms with van der Waals surface area (Å²) in [6.07, 6.45) is 3.75. The Morgan fingerprint density at radius 2 is 2.31 bits per heavy atom. The van der Waals surface area contributed by atoms with E-state index in [0.29, 0.717) is 6.42 Å². The number of hydrogen-bond donors (Lipinski definition) is 1. The van der Waals surface area contributed by atoms with Gasteiger partial charge in [0.1, 0.15) is 0 Å². The first-order chi connectivity index (χ1) is 7.68. The van der Waals surface area contributed by atoms with Crippen LogP contribution in [-0.4, -0.2) is 12.5 Å². The van der Waals surface area contributed by atoms with Gasteiger partial charge in [-0.15, -0.1) is 11.3 Å². The van der Waals surface area contributed by atoms with Crippen molar-refractivity contribution in [1.82, 2.24) is 5.32 Å². The molecule has 16 heavy (non-hydrogen) atoms. The maximum absolute atomic E-state index is 11.5. The molecule has 0 aliphatic heterocycles. The fourth-order valence-corrected chi connectivity index (χ4v) is 2.23. The SMILES string of the molecule is CC(C)CCCNC(=O)CCc1cccs1. The van der Waals surface area contributed by atoms with E-state index in [1.807, 2.05) is 6.07 Å². The number of aryl methyl sites for hydroxylation is 1. The first-order valence-electron chi connectivity index (χ1n) is 5.97. The van der Waals surface area contributed by atoms with Gasteiger partial charge >= 0.3 is 0 Å². The van der Waals surface area contributed by atoms with Crippen LogP contribution in [0.4, 0.5) is 0 Å². The molecule has 0 saturated carbocycles. The zero-order chi connectivity index (χ0) is 11.8. The maximum atomic E-state index is 11.5. The van der Waals surface area contributed by atoms with Gasteiger partial charge in [0, 0.05) is 17.8 Å². The van der Waals surface area contributed by atoms with Gasteiger partial charge in [-0.3, -0.25) is 4.79 Å². The Bertz CT molecular complexity index is 293. The van der Waals surface area contributed by atoms with Crippen molar-refractivity contribution in [2.24, 2.45) is 5.92 Å². The number of carbonyl (C=O) groups is 1. The fourth-order valence-electron chi connectivity index (χ4n) is 1.52. The van der Waals surface area contributed by atoms with Crippen LogP contribution in [0.25, 0.3) is 0 Å². The predicted octanol–water partition coefficient (Wildman–Crippen LogP) is 3.23. The van der Waals surface area contributed by atoms with Crippen molar-refractivity contribution >= 4 is 17.2 Å². The van der Waals surface area contributed by atoms with Crippen molar-refractivity contribution in [1.29, 1.82) is 0 Å². The van der Waals surface area contributed by atoms with Crippen LogP contribution in [0.1, 0.15) is 38.0 Å². The van der Waals surface area contributed by atoms with E-state index in [1.165, 1.54) is 11.3 Å². The third-order valence-electron chi connectivity index (χ3n) is 2.46. The minimum Gasteiger partial charge on any atom is -0.356 e. The van der Waals surface area contributed by atoms with E-state index in [4.69, 9.17) is 0 Å². The summed E-state index contributed by atoms with van der Waals surface area (Å²) in [6, 6.07) is 4.11. The summed E-state index contributed by atoms with van der Waals surface area (Å²) in [5, 5.41) is 5.02. The quantitative estimate of drug-likeness (QED) is 0.727. The van der Waals surface area contributed by atoms with Crippen LogP contribution in [0.2, 0.25) is 0 Å². The smallest absolute Gasteiger partial charge is 0.220 e. The zero-order valence-corrected chi connectivity index (χ0v) is 11.0. The second-order valence-corrected chi connectivity index (χ2v) is 5.50. The normalized spacial score (nSPS) is 10.7. The van der Waals surface area contributed by atoms with Gasteiger partial charge in [-0.2, -0.15) is 0 Å². The monoisotopic (exact) mass is 239 g/mol. The van der Waals surface area contributed by atoms with Crippen LogP contribution < -0.4 is 5.32 Å². The standard InChI is InChI=1S/C13H21NOS/c1-11(2)5-3-9-14-13(15)8-7-12-6-4-10-16-12/h4,6,10-11H,3,5,7-9H2,1-2H3,(H,14,15). The highest BCUT2D eigenvalue weighted by Gasteiger charge is 2.02. The van der Waals surface area contributed by atoms with Crippen LogP contribution in [0.5, 0.6) is 0 Å². The minimum absolute atomic E-state index is 0.178. The largest absolute Gasteiger partial charge is 0.356 e. The zero-order valence-electron chi connectivity index (χ0n) is 10.2. The van der Waals surface area contributed by atoms with E-state index in [9.17, 15) is 4.79 Å². The number of thiophene rings is 1. The van der Waals surface area contributed by atoms with Crippen molar-refractivity contribution in [3.8, 4) is 0 Å². The Kier molecular flexibility index (Phi) is 6.16.